The molecular formula is C18H23FN2O3. The lowest BCUT2D eigenvalue weighted by Crippen LogP contribution is -2.51. The number of nitrogens with zero attached hydrogens (tertiary/aromatic N) is 1. The number of halogens is 1. The number of carbonyl (C=O) groups excluding carboxylic acids is 2. The Morgan fingerprint density at radius 3 is 2.50 bits per heavy atom. The van der Waals surface area contributed by atoms with Gasteiger partial charge in [-0.15, -0.1) is 0 Å². The molecule has 1 saturated carbocycles. The molecule has 0 bridgehead atoms. The molecule has 0 radical (unpaired) electrons. The van der Waals surface area contributed by atoms with Crippen molar-refractivity contribution in [3.05, 3.63) is 35.6 Å². The van der Waals surface area contributed by atoms with Crippen LogP contribution in [-0.4, -0.2) is 34.0 Å². The molecule has 2 atom stereocenters. The van der Waals surface area contributed by atoms with E-state index in [1.54, 1.807) is 6.92 Å². The average Bonchev–Trinajstić information content (AvgIpc) is 2.80. The summed E-state index contributed by atoms with van der Waals surface area (Å²) in [7, 11) is 0. The molecule has 1 aromatic rings. The van der Waals surface area contributed by atoms with Crippen LogP contribution in [0.15, 0.2) is 24.3 Å². The molecule has 2 aliphatic rings. The van der Waals surface area contributed by atoms with Gasteiger partial charge in [0.25, 0.3) is 5.91 Å². The molecule has 2 N–H and O–H groups in total. The van der Waals surface area contributed by atoms with Crippen molar-refractivity contribution < 1.29 is 19.1 Å². The maximum atomic E-state index is 13.0. The van der Waals surface area contributed by atoms with Crippen molar-refractivity contribution >= 4 is 11.9 Å². The number of carbonyl (C=O) groups is 2. The van der Waals surface area contributed by atoms with Gasteiger partial charge in [-0.2, -0.15) is 0 Å². The Morgan fingerprint density at radius 1 is 1.25 bits per heavy atom. The summed E-state index contributed by atoms with van der Waals surface area (Å²) in [4.78, 5) is 26.2. The fourth-order valence-electron chi connectivity index (χ4n) is 3.80. The highest BCUT2D eigenvalue weighted by Crippen LogP contribution is 2.36. The highest BCUT2D eigenvalue weighted by Gasteiger charge is 2.52. The summed E-state index contributed by atoms with van der Waals surface area (Å²) in [6.45, 7) is 1.66. The number of aliphatic hydroxyl groups is 1. The zero-order chi connectivity index (χ0) is 17.3. The third-order valence-electron chi connectivity index (χ3n) is 5.33. The molecule has 3 amide bonds. The second-order valence-corrected chi connectivity index (χ2v) is 6.95. The minimum atomic E-state index is -1.03. The van der Waals surface area contributed by atoms with Crippen LogP contribution < -0.4 is 5.32 Å². The van der Waals surface area contributed by atoms with Gasteiger partial charge in [0.1, 0.15) is 11.4 Å². The number of nitrogens with one attached hydrogen (secondary N) is 1. The number of imide groups is 1. The first-order chi connectivity index (χ1) is 11.4. The molecule has 130 valence electrons. The van der Waals surface area contributed by atoms with Crippen LogP contribution in [0, 0.1) is 11.7 Å². The summed E-state index contributed by atoms with van der Waals surface area (Å²) >= 11 is 0. The van der Waals surface area contributed by atoms with Crippen molar-refractivity contribution in [2.24, 2.45) is 5.92 Å². The molecule has 0 spiro atoms. The maximum Gasteiger partial charge on any atom is 0.325 e. The van der Waals surface area contributed by atoms with E-state index in [2.05, 4.69) is 5.32 Å². The number of hydrogen-bond acceptors (Lipinski definition) is 3. The van der Waals surface area contributed by atoms with Crippen LogP contribution in [0.5, 0.6) is 0 Å². The lowest BCUT2D eigenvalue weighted by Gasteiger charge is -2.34. The van der Waals surface area contributed by atoms with Crippen molar-refractivity contribution in [3.8, 4) is 0 Å². The van der Waals surface area contributed by atoms with E-state index in [-0.39, 0.29) is 18.4 Å². The minimum Gasteiger partial charge on any atom is -0.387 e. The Bertz CT molecular complexity index is 628. The first kappa shape index (κ1) is 16.9. The van der Waals surface area contributed by atoms with E-state index in [4.69, 9.17) is 0 Å². The van der Waals surface area contributed by atoms with Crippen molar-refractivity contribution in [2.45, 2.75) is 50.7 Å². The van der Waals surface area contributed by atoms with Gasteiger partial charge in [-0.3, -0.25) is 9.69 Å². The van der Waals surface area contributed by atoms with Gasteiger partial charge in [0, 0.05) is 0 Å². The second-order valence-electron chi connectivity index (χ2n) is 6.95. The molecule has 3 rings (SSSR count). The first-order valence-corrected chi connectivity index (χ1v) is 8.49. The van der Waals surface area contributed by atoms with Gasteiger partial charge in [-0.1, -0.05) is 31.4 Å². The molecule has 5 nitrogen and oxygen atoms in total. The predicted molar refractivity (Wildman–Crippen MR) is 86.6 cm³/mol. The normalized spacial score (nSPS) is 26.5. The van der Waals surface area contributed by atoms with Gasteiger partial charge in [0.15, 0.2) is 0 Å². The van der Waals surface area contributed by atoms with E-state index in [0.717, 1.165) is 30.6 Å². The predicted octanol–water partition coefficient (Wildman–Crippen LogP) is 2.75. The summed E-state index contributed by atoms with van der Waals surface area (Å²) in [5.41, 5.74) is -0.414. The molecule has 1 aliphatic heterocycles. The molecule has 6 heteroatoms. The molecule has 1 saturated heterocycles. The van der Waals surface area contributed by atoms with E-state index in [1.807, 2.05) is 0 Å². The second kappa shape index (κ2) is 6.51. The van der Waals surface area contributed by atoms with Crippen LogP contribution in [0.25, 0.3) is 0 Å². The van der Waals surface area contributed by atoms with E-state index >= 15 is 0 Å². The molecular weight excluding hydrogens is 311 g/mol. The highest BCUT2D eigenvalue weighted by atomic mass is 19.1. The van der Waals surface area contributed by atoms with Crippen LogP contribution in [0.3, 0.4) is 0 Å². The molecule has 0 unspecified atom stereocenters. The Morgan fingerprint density at radius 2 is 1.88 bits per heavy atom. The number of rotatable bonds is 4. The smallest absolute Gasteiger partial charge is 0.325 e. The number of amides is 3. The molecule has 1 aliphatic carbocycles. The maximum absolute atomic E-state index is 13.0. The van der Waals surface area contributed by atoms with E-state index in [9.17, 15) is 19.1 Å². The van der Waals surface area contributed by atoms with Gasteiger partial charge < -0.3 is 10.4 Å². The Balaban J connectivity index is 1.73. The lowest BCUT2D eigenvalue weighted by molar-refractivity contribution is -0.134. The van der Waals surface area contributed by atoms with Crippen LogP contribution in [0.2, 0.25) is 0 Å². The topological polar surface area (TPSA) is 69.6 Å². The van der Waals surface area contributed by atoms with E-state index in [0.29, 0.717) is 5.56 Å². The number of hydrogen-bond donors (Lipinski definition) is 2. The molecule has 1 heterocycles. The number of aliphatic hydroxyl groups excluding tert-OH is 1. The quantitative estimate of drug-likeness (QED) is 0.832. The summed E-state index contributed by atoms with van der Waals surface area (Å²) in [6, 6.07) is 4.94. The van der Waals surface area contributed by atoms with Crippen molar-refractivity contribution in [1.29, 1.82) is 0 Å². The zero-order valence-electron chi connectivity index (χ0n) is 13.8. The van der Waals surface area contributed by atoms with Gasteiger partial charge in [0.05, 0.1) is 12.6 Å². The Hall–Kier alpha value is -1.95. The lowest BCUT2D eigenvalue weighted by atomic mass is 9.75. The van der Waals surface area contributed by atoms with E-state index < -0.39 is 23.5 Å². The summed E-state index contributed by atoms with van der Waals surface area (Å²) in [6.07, 6.45) is 4.13. The van der Waals surface area contributed by atoms with Gasteiger partial charge in [-0.25, -0.2) is 9.18 Å². The number of benzene rings is 1. The SMILES string of the molecule is C[C@]1(C2CCCCC2)NC(=O)N(C[C@@H](O)c2ccc(F)cc2)C1=O. The van der Waals surface area contributed by atoms with Crippen LogP contribution in [0.4, 0.5) is 9.18 Å². The van der Waals surface area contributed by atoms with Crippen LogP contribution >= 0.6 is 0 Å². The van der Waals surface area contributed by atoms with Gasteiger partial charge in [0.2, 0.25) is 0 Å². The molecule has 1 aromatic carbocycles. The number of β-amino-alcohol motifs (C(OH)–C–C–N with tert-alkyl or cyclic N) is 1. The molecule has 24 heavy (non-hydrogen) atoms. The third kappa shape index (κ3) is 3.02. The van der Waals surface area contributed by atoms with Crippen LogP contribution in [-0.2, 0) is 4.79 Å². The molecule has 0 aromatic heterocycles. The van der Waals surface area contributed by atoms with Crippen molar-refractivity contribution in [3.63, 3.8) is 0 Å². The largest absolute Gasteiger partial charge is 0.387 e. The Labute approximate surface area is 140 Å². The monoisotopic (exact) mass is 334 g/mol. The van der Waals surface area contributed by atoms with Crippen molar-refractivity contribution in [1.82, 2.24) is 10.2 Å². The minimum absolute atomic E-state index is 0.126. The van der Waals surface area contributed by atoms with E-state index in [1.165, 1.54) is 30.7 Å². The summed E-state index contributed by atoms with van der Waals surface area (Å²) in [5.74, 6) is -0.540. The standard InChI is InChI=1S/C18H23FN2O3/c1-18(13-5-3-2-4-6-13)16(23)21(17(24)20-18)11-15(22)12-7-9-14(19)10-8-12/h7-10,13,15,22H,2-6,11H2,1H3,(H,20,24)/t15-,18-/m1/s1. The first-order valence-electron chi connectivity index (χ1n) is 8.49. The molecule has 2 fully saturated rings. The fourth-order valence-corrected chi connectivity index (χ4v) is 3.80. The third-order valence-corrected chi connectivity index (χ3v) is 5.33. The van der Waals surface area contributed by atoms with Crippen molar-refractivity contribution in [2.75, 3.05) is 6.54 Å². The van der Waals surface area contributed by atoms with Gasteiger partial charge >= 0.3 is 6.03 Å². The van der Waals surface area contributed by atoms with Crippen LogP contribution in [0.1, 0.15) is 50.7 Å². The summed E-state index contributed by atoms with van der Waals surface area (Å²) in [5, 5.41) is 13.1. The Kier molecular flexibility index (Phi) is 4.58. The van der Waals surface area contributed by atoms with Gasteiger partial charge in [-0.05, 0) is 43.4 Å². The zero-order valence-corrected chi connectivity index (χ0v) is 13.8. The average molecular weight is 334 g/mol. The highest BCUT2D eigenvalue weighted by molar-refractivity contribution is 6.07. The summed E-state index contributed by atoms with van der Waals surface area (Å²) < 4.78 is 13.0. The fraction of sp³-hybridized carbons (Fsp3) is 0.556. The number of urea groups is 1.